The Kier molecular flexibility index (Phi) is 3.81. The van der Waals surface area contributed by atoms with Gasteiger partial charge in [-0.05, 0) is 40.8 Å². The number of carbonyl (C=O) groups is 1. The van der Waals surface area contributed by atoms with Gasteiger partial charge in [-0.15, -0.1) is 0 Å². The van der Waals surface area contributed by atoms with E-state index in [-0.39, 0.29) is 16.7 Å². The maximum Gasteiger partial charge on any atom is 0.159 e. The van der Waals surface area contributed by atoms with E-state index in [9.17, 15) is 18.7 Å². The van der Waals surface area contributed by atoms with Crippen molar-refractivity contribution in [1.29, 1.82) is 0 Å². The molecule has 0 saturated carbocycles. The Balaban J connectivity index is 2.72. The van der Waals surface area contributed by atoms with Crippen molar-refractivity contribution in [3.63, 3.8) is 0 Å². The fourth-order valence-corrected chi connectivity index (χ4v) is 2.06. The molecule has 0 radical (unpaired) electrons. The molecule has 2 nitrogen and oxygen atoms in total. The van der Waals surface area contributed by atoms with Gasteiger partial charge in [-0.2, -0.15) is 0 Å². The Morgan fingerprint density at radius 2 is 1.71 bits per heavy atom. The van der Waals surface area contributed by atoms with Gasteiger partial charge in [0.1, 0.15) is 5.75 Å². The van der Waals surface area contributed by atoms with Crippen molar-refractivity contribution in [1.82, 2.24) is 0 Å². The van der Waals surface area contributed by atoms with E-state index in [4.69, 9.17) is 0 Å². The highest BCUT2D eigenvalue weighted by Crippen LogP contribution is 2.37. The lowest BCUT2D eigenvalue weighted by Gasteiger charge is -2.21. The number of hydrogen-bond acceptors (Lipinski definition) is 2. The molecule has 0 spiro atoms. The Bertz CT molecular complexity index is 701. The van der Waals surface area contributed by atoms with Crippen LogP contribution in [-0.2, 0) is 5.41 Å². The predicted molar refractivity (Wildman–Crippen MR) is 77.5 cm³/mol. The van der Waals surface area contributed by atoms with Gasteiger partial charge in [-0.25, -0.2) is 8.78 Å². The van der Waals surface area contributed by atoms with Crippen LogP contribution in [0.3, 0.4) is 0 Å². The summed E-state index contributed by atoms with van der Waals surface area (Å²) in [6.07, 6.45) is 0.550. The van der Waals surface area contributed by atoms with Crippen molar-refractivity contribution in [3.8, 4) is 16.9 Å². The van der Waals surface area contributed by atoms with Crippen molar-refractivity contribution in [2.45, 2.75) is 26.2 Å². The van der Waals surface area contributed by atoms with Gasteiger partial charge in [0, 0.05) is 5.56 Å². The molecule has 0 heterocycles. The molecule has 0 bridgehead atoms. The minimum atomic E-state index is -0.999. The minimum Gasteiger partial charge on any atom is -0.507 e. The van der Waals surface area contributed by atoms with Gasteiger partial charge in [0.25, 0.3) is 0 Å². The molecule has 0 saturated heterocycles. The lowest BCUT2D eigenvalue weighted by molar-refractivity contribution is 0.112. The van der Waals surface area contributed by atoms with Gasteiger partial charge in [0.05, 0.1) is 5.56 Å². The highest BCUT2D eigenvalue weighted by atomic mass is 19.2. The molecule has 0 aromatic heterocycles. The topological polar surface area (TPSA) is 37.3 Å². The van der Waals surface area contributed by atoms with Crippen LogP contribution in [0.2, 0.25) is 0 Å². The molecule has 0 amide bonds. The molecule has 21 heavy (non-hydrogen) atoms. The highest BCUT2D eigenvalue weighted by Gasteiger charge is 2.19. The van der Waals surface area contributed by atoms with Crippen LogP contribution in [0.25, 0.3) is 11.1 Å². The van der Waals surface area contributed by atoms with Crippen molar-refractivity contribution >= 4 is 6.29 Å². The molecule has 1 N–H and O–H groups in total. The van der Waals surface area contributed by atoms with Gasteiger partial charge in [0.15, 0.2) is 17.9 Å². The summed E-state index contributed by atoms with van der Waals surface area (Å²) in [7, 11) is 0. The molecule has 110 valence electrons. The van der Waals surface area contributed by atoms with Gasteiger partial charge in [-0.1, -0.05) is 26.8 Å². The molecule has 4 heteroatoms. The molecule has 0 aliphatic heterocycles. The zero-order valence-electron chi connectivity index (χ0n) is 12.1. The smallest absolute Gasteiger partial charge is 0.159 e. The Morgan fingerprint density at radius 1 is 1.05 bits per heavy atom. The van der Waals surface area contributed by atoms with E-state index in [0.717, 1.165) is 17.7 Å². The number of aromatic hydroxyl groups is 1. The molecular weight excluding hydrogens is 274 g/mol. The van der Waals surface area contributed by atoms with E-state index in [1.165, 1.54) is 6.07 Å². The summed E-state index contributed by atoms with van der Waals surface area (Å²) in [4.78, 5) is 11.1. The first-order valence-corrected chi connectivity index (χ1v) is 6.52. The third kappa shape index (κ3) is 2.94. The van der Waals surface area contributed by atoms with Crippen molar-refractivity contribution in [2.75, 3.05) is 0 Å². The summed E-state index contributed by atoms with van der Waals surface area (Å²) in [5.41, 5.74) is 1.33. The van der Waals surface area contributed by atoms with Crippen LogP contribution < -0.4 is 0 Å². The first-order chi connectivity index (χ1) is 9.74. The fraction of sp³-hybridized carbons (Fsp3) is 0.235. The molecule has 2 aromatic carbocycles. The number of phenolic OH excluding ortho intramolecular Hbond substituents is 1. The van der Waals surface area contributed by atoms with E-state index in [2.05, 4.69) is 0 Å². The second kappa shape index (κ2) is 5.28. The van der Waals surface area contributed by atoms with Gasteiger partial charge >= 0.3 is 0 Å². The van der Waals surface area contributed by atoms with Crippen molar-refractivity contribution < 1.29 is 18.7 Å². The van der Waals surface area contributed by atoms with Crippen LogP contribution in [0.15, 0.2) is 30.3 Å². The molecule has 0 atom stereocenters. The lowest BCUT2D eigenvalue weighted by Crippen LogP contribution is -2.12. The van der Waals surface area contributed by atoms with Crippen LogP contribution in [0, 0.1) is 11.6 Å². The molecule has 2 aromatic rings. The van der Waals surface area contributed by atoms with Crippen LogP contribution in [0.1, 0.15) is 36.7 Å². The number of hydrogen-bond donors (Lipinski definition) is 1. The maximum atomic E-state index is 13.4. The second-order valence-electron chi connectivity index (χ2n) is 5.96. The maximum absolute atomic E-state index is 13.4. The first kappa shape index (κ1) is 15.2. The number of aldehydes is 1. The van der Waals surface area contributed by atoms with Gasteiger partial charge in [0.2, 0.25) is 0 Å². The number of rotatable bonds is 2. The normalized spacial score (nSPS) is 11.5. The average Bonchev–Trinajstić information content (AvgIpc) is 2.41. The SMILES string of the molecule is CC(C)(C)c1cc(C=O)c(O)c(-c2ccc(F)c(F)c2)c1. The summed E-state index contributed by atoms with van der Waals surface area (Å²) < 4.78 is 26.4. The molecular formula is C17H16F2O2. The Hall–Kier alpha value is -2.23. The van der Waals surface area contributed by atoms with Crippen LogP contribution in [-0.4, -0.2) is 11.4 Å². The Labute approximate surface area is 122 Å². The monoisotopic (exact) mass is 290 g/mol. The summed E-state index contributed by atoms with van der Waals surface area (Å²) in [6.45, 7) is 5.88. The quantitative estimate of drug-likeness (QED) is 0.830. The fourth-order valence-electron chi connectivity index (χ4n) is 2.06. The second-order valence-corrected chi connectivity index (χ2v) is 5.96. The number of phenols is 1. The predicted octanol–water partition coefficient (Wildman–Crippen LogP) is 4.45. The number of carbonyl (C=O) groups excluding carboxylic acids is 1. The standard InChI is InChI=1S/C17H16F2O2/c1-17(2,3)12-6-11(9-20)16(21)13(8-12)10-4-5-14(18)15(19)7-10/h4-9,21H,1-3H3. The minimum absolute atomic E-state index is 0.127. The van der Waals surface area contributed by atoms with Crippen molar-refractivity contribution in [2.24, 2.45) is 0 Å². The van der Waals surface area contributed by atoms with E-state index in [0.29, 0.717) is 17.4 Å². The zero-order chi connectivity index (χ0) is 15.8. The molecule has 2 rings (SSSR count). The molecule has 0 fully saturated rings. The summed E-state index contributed by atoms with van der Waals surface area (Å²) in [6, 6.07) is 6.66. The Morgan fingerprint density at radius 3 is 2.24 bits per heavy atom. The average molecular weight is 290 g/mol. The number of benzene rings is 2. The van der Waals surface area contributed by atoms with Crippen LogP contribution in [0.5, 0.6) is 5.75 Å². The first-order valence-electron chi connectivity index (χ1n) is 6.52. The van der Waals surface area contributed by atoms with Crippen LogP contribution >= 0.6 is 0 Å². The van der Waals surface area contributed by atoms with Gasteiger partial charge < -0.3 is 5.11 Å². The van der Waals surface area contributed by atoms with Crippen LogP contribution in [0.4, 0.5) is 8.78 Å². The third-order valence-electron chi connectivity index (χ3n) is 3.36. The molecule has 0 aliphatic rings. The van der Waals surface area contributed by atoms with Gasteiger partial charge in [-0.3, -0.25) is 4.79 Å². The lowest BCUT2D eigenvalue weighted by atomic mass is 9.84. The third-order valence-corrected chi connectivity index (χ3v) is 3.36. The van der Waals surface area contributed by atoms with E-state index in [1.54, 1.807) is 12.1 Å². The molecule has 0 unspecified atom stereocenters. The van der Waals surface area contributed by atoms with E-state index < -0.39 is 11.6 Å². The van der Waals surface area contributed by atoms with E-state index >= 15 is 0 Å². The summed E-state index contributed by atoms with van der Waals surface area (Å²) in [5.74, 6) is -2.19. The highest BCUT2D eigenvalue weighted by molar-refractivity contribution is 5.86. The number of halogens is 2. The summed E-state index contributed by atoms with van der Waals surface area (Å²) in [5, 5.41) is 10.1. The zero-order valence-corrected chi connectivity index (χ0v) is 12.1. The largest absolute Gasteiger partial charge is 0.507 e. The summed E-state index contributed by atoms with van der Waals surface area (Å²) >= 11 is 0. The molecule has 0 aliphatic carbocycles. The van der Waals surface area contributed by atoms with Crippen molar-refractivity contribution in [3.05, 3.63) is 53.1 Å². The van der Waals surface area contributed by atoms with E-state index in [1.807, 2.05) is 20.8 Å².